The van der Waals surface area contributed by atoms with Crippen LogP contribution in [0.5, 0.6) is 0 Å². The van der Waals surface area contributed by atoms with E-state index in [1.165, 1.54) is 6.54 Å². The van der Waals surface area contributed by atoms with Crippen molar-refractivity contribution >= 4 is 0 Å². The van der Waals surface area contributed by atoms with Crippen molar-refractivity contribution in [2.24, 2.45) is 0 Å². The third-order valence-electron chi connectivity index (χ3n) is 3.83. The van der Waals surface area contributed by atoms with Crippen molar-refractivity contribution in [3.63, 3.8) is 0 Å². The molecule has 0 bridgehead atoms. The Hall–Kier alpha value is -0.840. The van der Waals surface area contributed by atoms with E-state index in [1.54, 1.807) is 6.26 Å². The lowest BCUT2D eigenvalue weighted by atomic mass is 10.0. The fourth-order valence-corrected chi connectivity index (χ4v) is 2.66. The molecule has 102 valence electrons. The highest BCUT2D eigenvalue weighted by atomic mass is 16.3. The first kappa shape index (κ1) is 13.6. The lowest BCUT2D eigenvalue weighted by molar-refractivity contribution is 0.0989. The number of nitrogens with zero attached hydrogens (tertiary/aromatic N) is 2. The zero-order valence-electron chi connectivity index (χ0n) is 11.7. The van der Waals surface area contributed by atoms with E-state index in [0.717, 1.165) is 31.8 Å². The largest absolute Gasteiger partial charge is 0.468 e. The molecule has 1 aromatic heterocycles. The van der Waals surface area contributed by atoms with Gasteiger partial charge in [-0.15, -0.1) is 0 Å². The maximum absolute atomic E-state index is 5.56. The van der Waals surface area contributed by atoms with E-state index in [4.69, 9.17) is 4.42 Å². The smallest absolute Gasteiger partial charge is 0.120 e. The van der Waals surface area contributed by atoms with E-state index >= 15 is 0 Å². The summed E-state index contributed by atoms with van der Waals surface area (Å²) < 4.78 is 5.56. The van der Waals surface area contributed by atoms with Crippen LogP contribution in [0.3, 0.4) is 0 Å². The topological polar surface area (TPSA) is 31.6 Å². The predicted octanol–water partition coefficient (Wildman–Crippen LogP) is 1.57. The van der Waals surface area contributed by atoms with Gasteiger partial charge in [-0.25, -0.2) is 0 Å². The van der Waals surface area contributed by atoms with Crippen molar-refractivity contribution in [3.05, 3.63) is 24.2 Å². The summed E-state index contributed by atoms with van der Waals surface area (Å²) in [4.78, 5) is 4.88. The fraction of sp³-hybridized carbons (Fsp3) is 0.714. The van der Waals surface area contributed by atoms with Crippen molar-refractivity contribution in [1.29, 1.82) is 0 Å². The van der Waals surface area contributed by atoms with Crippen LogP contribution in [0.25, 0.3) is 0 Å². The molecule has 1 fully saturated rings. The molecule has 0 aromatic carbocycles. The number of piperazine rings is 1. The van der Waals surface area contributed by atoms with Gasteiger partial charge >= 0.3 is 0 Å². The highest BCUT2D eigenvalue weighted by Gasteiger charge is 2.26. The monoisotopic (exact) mass is 251 g/mol. The molecule has 4 nitrogen and oxygen atoms in total. The quantitative estimate of drug-likeness (QED) is 0.861. The summed E-state index contributed by atoms with van der Waals surface area (Å²) in [5, 5.41) is 3.53. The van der Waals surface area contributed by atoms with Gasteiger partial charge in [0.15, 0.2) is 0 Å². The van der Waals surface area contributed by atoms with Gasteiger partial charge in [-0.3, -0.25) is 0 Å². The molecule has 0 amide bonds. The number of likely N-dealkylation sites (N-methyl/N-ethyl adjacent to an activating group) is 2. The van der Waals surface area contributed by atoms with Crippen molar-refractivity contribution in [2.75, 3.05) is 40.3 Å². The Morgan fingerprint density at radius 2 is 2.28 bits per heavy atom. The lowest BCUT2D eigenvalue weighted by Crippen LogP contribution is -2.51. The van der Waals surface area contributed by atoms with E-state index in [9.17, 15) is 0 Å². The Kier molecular flexibility index (Phi) is 4.80. The molecule has 0 saturated carbocycles. The van der Waals surface area contributed by atoms with E-state index in [0.29, 0.717) is 12.1 Å². The fourth-order valence-electron chi connectivity index (χ4n) is 2.66. The zero-order valence-corrected chi connectivity index (χ0v) is 11.7. The second kappa shape index (κ2) is 6.36. The highest BCUT2D eigenvalue weighted by Crippen LogP contribution is 2.22. The van der Waals surface area contributed by atoms with Gasteiger partial charge < -0.3 is 19.5 Å². The molecule has 1 aromatic rings. The first-order valence-corrected chi connectivity index (χ1v) is 6.86. The molecule has 2 rings (SSSR count). The van der Waals surface area contributed by atoms with Crippen LogP contribution in [-0.2, 0) is 0 Å². The van der Waals surface area contributed by atoms with E-state index in [-0.39, 0.29) is 0 Å². The molecule has 1 saturated heterocycles. The van der Waals surface area contributed by atoms with Gasteiger partial charge in [0.05, 0.1) is 12.3 Å². The van der Waals surface area contributed by atoms with Gasteiger partial charge in [-0.2, -0.15) is 0 Å². The van der Waals surface area contributed by atoms with E-state index in [2.05, 4.69) is 42.2 Å². The molecule has 18 heavy (non-hydrogen) atoms. The Morgan fingerprint density at radius 1 is 1.44 bits per heavy atom. The Labute approximate surface area is 110 Å². The second-order valence-electron chi connectivity index (χ2n) is 5.26. The molecule has 1 aliphatic rings. The highest BCUT2D eigenvalue weighted by molar-refractivity contribution is 5.05. The van der Waals surface area contributed by atoms with Crippen molar-refractivity contribution in [1.82, 2.24) is 15.1 Å². The molecule has 2 heterocycles. The molecule has 1 N–H and O–H groups in total. The van der Waals surface area contributed by atoms with Crippen LogP contribution in [0.15, 0.2) is 22.8 Å². The summed E-state index contributed by atoms with van der Waals surface area (Å²) in [6, 6.07) is 4.96. The number of hydrogen-bond donors (Lipinski definition) is 1. The van der Waals surface area contributed by atoms with Gasteiger partial charge in [-0.1, -0.05) is 6.92 Å². The van der Waals surface area contributed by atoms with Gasteiger partial charge in [0.1, 0.15) is 5.76 Å². The summed E-state index contributed by atoms with van der Waals surface area (Å²) in [6.07, 6.45) is 2.86. The molecule has 1 aliphatic heterocycles. The summed E-state index contributed by atoms with van der Waals surface area (Å²) in [5.74, 6) is 1.05. The van der Waals surface area contributed by atoms with Crippen LogP contribution in [0.2, 0.25) is 0 Å². The molecule has 2 unspecified atom stereocenters. The van der Waals surface area contributed by atoms with Crippen LogP contribution in [0, 0.1) is 0 Å². The Bertz CT molecular complexity index is 339. The predicted molar refractivity (Wildman–Crippen MR) is 73.7 cm³/mol. The average Bonchev–Trinajstić information content (AvgIpc) is 2.87. The standard InChI is InChI=1S/C14H25N3O/c1-4-15-13(14-6-5-9-18-14)10-12-11-16(2)7-8-17(12)3/h5-6,9,12-13,15H,4,7-8,10-11H2,1-3H3. The molecular weight excluding hydrogens is 226 g/mol. The molecule has 0 radical (unpaired) electrons. The van der Waals surface area contributed by atoms with Crippen molar-refractivity contribution < 1.29 is 4.42 Å². The first-order valence-electron chi connectivity index (χ1n) is 6.86. The SMILES string of the molecule is CCNC(CC1CN(C)CCN1C)c1ccco1. The van der Waals surface area contributed by atoms with Crippen molar-refractivity contribution in [2.45, 2.75) is 25.4 Å². The number of furan rings is 1. The van der Waals surface area contributed by atoms with Crippen LogP contribution in [0.4, 0.5) is 0 Å². The minimum atomic E-state index is 0.323. The Morgan fingerprint density at radius 3 is 2.94 bits per heavy atom. The maximum atomic E-state index is 5.56. The van der Waals surface area contributed by atoms with Crippen molar-refractivity contribution in [3.8, 4) is 0 Å². The second-order valence-corrected chi connectivity index (χ2v) is 5.26. The lowest BCUT2D eigenvalue weighted by Gasteiger charge is -2.39. The molecule has 4 heteroatoms. The summed E-state index contributed by atoms with van der Waals surface area (Å²) in [6.45, 7) is 6.57. The van der Waals surface area contributed by atoms with Gasteiger partial charge in [0.25, 0.3) is 0 Å². The normalized spacial score (nSPS) is 24.3. The van der Waals surface area contributed by atoms with Crippen LogP contribution in [-0.4, -0.2) is 56.1 Å². The number of rotatable bonds is 5. The van der Waals surface area contributed by atoms with Crippen LogP contribution in [0.1, 0.15) is 25.1 Å². The summed E-state index contributed by atoms with van der Waals surface area (Å²) in [5.41, 5.74) is 0. The number of hydrogen-bond acceptors (Lipinski definition) is 4. The molecule has 2 atom stereocenters. The summed E-state index contributed by atoms with van der Waals surface area (Å²) in [7, 11) is 4.43. The minimum absolute atomic E-state index is 0.323. The third-order valence-corrected chi connectivity index (χ3v) is 3.83. The molecule has 0 spiro atoms. The zero-order chi connectivity index (χ0) is 13.0. The van der Waals surface area contributed by atoms with Crippen LogP contribution < -0.4 is 5.32 Å². The van der Waals surface area contributed by atoms with Gasteiger partial charge in [0.2, 0.25) is 0 Å². The Balaban J connectivity index is 1.99. The maximum Gasteiger partial charge on any atom is 0.120 e. The van der Waals surface area contributed by atoms with E-state index in [1.807, 2.05) is 6.07 Å². The molecule has 0 aliphatic carbocycles. The summed E-state index contributed by atoms with van der Waals surface area (Å²) >= 11 is 0. The van der Waals surface area contributed by atoms with Crippen LogP contribution >= 0.6 is 0 Å². The van der Waals surface area contributed by atoms with Gasteiger partial charge in [-0.05, 0) is 39.2 Å². The van der Waals surface area contributed by atoms with Gasteiger partial charge in [0, 0.05) is 25.7 Å². The minimum Gasteiger partial charge on any atom is -0.468 e. The average molecular weight is 251 g/mol. The molecular formula is C14H25N3O. The first-order chi connectivity index (χ1) is 8.70. The number of nitrogens with one attached hydrogen (secondary N) is 1. The third kappa shape index (κ3) is 3.34. The van der Waals surface area contributed by atoms with E-state index < -0.39 is 0 Å².